The van der Waals surface area contributed by atoms with Crippen molar-refractivity contribution in [1.29, 1.82) is 0 Å². The largest absolute Gasteiger partial charge is 0.485 e. The van der Waals surface area contributed by atoms with Gasteiger partial charge in [-0.2, -0.15) is 4.98 Å². The maximum atomic E-state index is 13.0. The Morgan fingerprint density at radius 3 is 2.58 bits per heavy atom. The third kappa shape index (κ3) is 6.11. The number of aryl methyl sites for hydroxylation is 1. The minimum absolute atomic E-state index is 0.0475. The number of nitrogens with one attached hydrogen (secondary N) is 1. The maximum Gasteiger partial charge on any atom is 0.258 e. The van der Waals surface area contributed by atoms with Crippen molar-refractivity contribution >= 4 is 11.8 Å². The Morgan fingerprint density at radius 2 is 1.90 bits per heavy atom. The van der Waals surface area contributed by atoms with Gasteiger partial charge in [-0.15, -0.1) is 0 Å². The summed E-state index contributed by atoms with van der Waals surface area (Å²) in [7, 11) is 0. The first kappa shape index (κ1) is 21.9. The Balaban J connectivity index is 1.61. The summed E-state index contributed by atoms with van der Waals surface area (Å²) >= 11 is 0. The molecule has 0 fully saturated rings. The summed E-state index contributed by atoms with van der Waals surface area (Å²) in [6.07, 6.45) is 0. The van der Waals surface area contributed by atoms with Gasteiger partial charge in [-0.3, -0.25) is 9.59 Å². The van der Waals surface area contributed by atoms with E-state index in [9.17, 15) is 14.0 Å². The summed E-state index contributed by atoms with van der Waals surface area (Å²) in [4.78, 5) is 30.9. The molecule has 3 rings (SSSR count). The summed E-state index contributed by atoms with van der Waals surface area (Å²) in [5.74, 6) is 0.159. The van der Waals surface area contributed by atoms with Crippen LogP contribution in [0.5, 0.6) is 5.75 Å². The Kier molecular flexibility index (Phi) is 7.31. The lowest BCUT2D eigenvalue weighted by Crippen LogP contribution is -2.40. The molecule has 2 aromatic carbocycles. The smallest absolute Gasteiger partial charge is 0.258 e. The molecule has 0 unspecified atom stereocenters. The number of benzene rings is 2. The Labute approximate surface area is 179 Å². The topological polar surface area (TPSA) is 97.6 Å². The number of likely N-dealkylation sites (N-methyl/N-ethyl adjacent to an activating group) is 1. The molecule has 0 atom stereocenters. The molecule has 1 heterocycles. The standard InChI is InChI=1S/C22H23FN4O4/c1-3-27(13-21(28)24-12-16-8-10-17(23)11-9-16)22(29)18-6-4-5-7-19(18)30-14-20-25-15(2)31-26-20/h4-11H,3,12-14H2,1-2H3,(H,24,28). The lowest BCUT2D eigenvalue weighted by molar-refractivity contribution is -0.121. The highest BCUT2D eigenvalue weighted by atomic mass is 19.1. The number of para-hydroxylation sites is 1. The van der Waals surface area contributed by atoms with E-state index in [1.165, 1.54) is 17.0 Å². The Morgan fingerprint density at radius 1 is 1.16 bits per heavy atom. The molecular weight excluding hydrogens is 403 g/mol. The van der Waals surface area contributed by atoms with Gasteiger partial charge in [-0.1, -0.05) is 29.4 Å². The Bertz CT molecular complexity index is 1040. The number of nitrogens with zero attached hydrogens (tertiary/aromatic N) is 3. The molecule has 8 nitrogen and oxygen atoms in total. The average Bonchev–Trinajstić information content (AvgIpc) is 3.20. The van der Waals surface area contributed by atoms with E-state index in [0.29, 0.717) is 29.6 Å². The van der Waals surface area contributed by atoms with Crippen LogP contribution < -0.4 is 10.1 Å². The van der Waals surface area contributed by atoms with Crippen molar-refractivity contribution in [2.75, 3.05) is 13.1 Å². The van der Waals surface area contributed by atoms with E-state index in [1.54, 1.807) is 50.2 Å². The number of aromatic nitrogens is 2. The van der Waals surface area contributed by atoms with E-state index in [0.717, 1.165) is 5.56 Å². The fourth-order valence-corrected chi connectivity index (χ4v) is 2.84. The van der Waals surface area contributed by atoms with Crippen LogP contribution in [0.25, 0.3) is 0 Å². The first-order valence-electron chi connectivity index (χ1n) is 9.77. The van der Waals surface area contributed by atoms with Crippen molar-refractivity contribution in [3.63, 3.8) is 0 Å². The van der Waals surface area contributed by atoms with E-state index in [4.69, 9.17) is 9.26 Å². The van der Waals surface area contributed by atoms with Gasteiger partial charge in [0.15, 0.2) is 6.61 Å². The van der Waals surface area contributed by atoms with Crippen molar-refractivity contribution in [1.82, 2.24) is 20.4 Å². The second-order valence-corrected chi connectivity index (χ2v) is 6.74. The van der Waals surface area contributed by atoms with Gasteiger partial charge < -0.3 is 19.5 Å². The number of halogens is 1. The molecule has 0 aliphatic rings. The van der Waals surface area contributed by atoms with Crippen molar-refractivity contribution < 1.29 is 23.2 Å². The maximum absolute atomic E-state index is 13.0. The molecule has 0 aliphatic carbocycles. The van der Waals surface area contributed by atoms with Gasteiger partial charge in [0.25, 0.3) is 5.91 Å². The quantitative estimate of drug-likeness (QED) is 0.565. The molecular formula is C22H23FN4O4. The van der Waals surface area contributed by atoms with Crippen LogP contribution >= 0.6 is 0 Å². The molecule has 1 N–H and O–H groups in total. The molecule has 3 aromatic rings. The Hall–Kier alpha value is -3.75. The van der Waals surface area contributed by atoms with Gasteiger partial charge in [-0.05, 0) is 36.8 Å². The van der Waals surface area contributed by atoms with E-state index < -0.39 is 0 Å². The molecule has 0 saturated carbocycles. The summed E-state index contributed by atoms with van der Waals surface area (Å²) in [5.41, 5.74) is 1.09. The highest BCUT2D eigenvalue weighted by molar-refractivity contribution is 5.98. The molecule has 31 heavy (non-hydrogen) atoms. The van der Waals surface area contributed by atoms with Crippen LogP contribution in [-0.4, -0.2) is 39.9 Å². The van der Waals surface area contributed by atoms with Gasteiger partial charge in [0, 0.05) is 20.0 Å². The number of ether oxygens (including phenoxy) is 1. The average molecular weight is 426 g/mol. The normalized spacial score (nSPS) is 10.5. The highest BCUT2D eigenvalue weighted by Gasteiger charge is 2.21. The van der Waals surface area contributed by atoms with E-state index >= 15 is 0 Å². The molecule has 0 bridgehead atoms. The van der Waals surface area contributed by atoms with Gasteiger partial charge >= 0.3 is 0 Å². The lowest BCUT2D eigenvalue weighted by Gasteiger charge is -2.21. The number of carbonyl (C=O) groups excluding carboxylic acids is 2. The molecule has 2 amide bonds. The van der Waals surface area contributed by atoms with Crippen LogP contribution in [-0.2, 0) is 17.9 Å². The first-order valence-corrected chi connectivity index (χ1v) is 9.77. The highest BCUT2D eigenvalue weighted by Crippen LogP contribution is 2.21. The van der Waals surface area contributed by atoms with E-state index in [2.05, 4.69) is 15.5 Å². The summed E-state index contributed by atoms with van der Waals surface area (Å²) in [6.45, 7) is 3.97. The predicted molar refractivity (Wildman–Crippen MR) is 110 cm³/mol. The molecule has 0 spiro atoms. The number of hydrogen-bond donors (Lipinski definition) is 1. The fourth-order valence-electron chi connectivity index (χ4n) is 2.84. The van der Waals surface area contributed by atoms with Crippen LogP contribution in [0.1, 0.15) is 34.6 Å². The summed E-state index contributed by atoms with van der Waals surface area (Å²) in [5, 5.41) is 6.51. The molecule has 0 saturated heterocycles. The second kappa shape index (κ2) is 10.3. The molecule has 0 aliphatic heterocycles. The molecule has 1 aromatic heterocycles. The predicted octanol–water partition coefficient (Wildman–Crippen LogP) is 2.87. The zero-order valence-corrected chi connectivity index (χ0v) is 17.3. The monoisotopic (exact) mass is 426 g/mol. The van der Waals surface area contributed by atoms with Gasteiger partial charge in [-0.25, -0.2) is 4.39 Å². The summed E-state index contributed by atoms with van der Waals surface area (Å²) < 4.78 is 23.6. The molecule has 0 radical (unpaired) electrons. The summed E-state index contributed by atoms with van der Waals surface area (Å²) in [6, 6.07) is 12.6. The molecule has 162 valence electrons. The third-order valence-corrected chi connectivity index (χ3v) is 4.45. The van der Waals surface area contributed by atoms with Gasteiger partial charge in [0.05, 0.1) is 12.1 Å². The number of amides is 2. The lowest BCUT2D eigenvalue weighted by atomic mass is 10.1. The van der Waals surface area contributed by atoms with Crippen LogP contribution in [0.4, 0.5) is 4.39 Å². The second-order valence-electron chi connectivity index (χ2n) is 6.74. The fraction of sp³-hybridized carbons (Fsp3) is 0.273. The van der Waals surface area contributed by atoms with Crippen LogP contribution in [0.3, 0.4) is 0 Å². The number of carbonyl (C=O) groups is 2. The van der Waals surface area contributed by atoms with Gasteiger partial charge in [0.1, 0.15) is 11.6 Å². The molecule has 9 heteroatoms. The van der Waals surface area contributed by atoms with E-state index in [-0.39, 0.29) is 37.3 Å². The zero-order valence-electron chi connectivity index (χ0n) is 17.3. The number of rotatable bonds is 9. The zero-order chi connectivity index (χ0) is 22.2. The van der Waals surface area contributed by atoms with Crippen LogP contribution in [0.2, 0.25) is 0 Å². The van der Waals surface area contributed by atoms with Crippen LogP contribution in [0, 0.1) is 12.7 Å². The minimum atomic E-state index is -0.340. The van der Waals surface area contributed by atoms with Crippen LogP contribution in [0.15, 0.2) is 53.1 Å². The third-order valence-electron chi connectivity index (χ3n) is 4.45. The van der Waals surface area contributed by atoms with Crippen molar-refractivity contribution in [3.05, 3.63) is 77.2 Å². The van der Waals surface area contributed by atoms with Crippen molar-refractivity contribution in [2.24, 2.45) is 0 Å². The van der Waals surface area contributed by atoms with Crippen molar-refractivity contribution in [3.8, 4) is 5.75 Å². The minimum Gasteiger partial charge on any atom is -0.485 e. The van der Waals surface area contributed by atoms with Crippen molar-refractivity contribution in [2.45, 2.75) is 27.0 Å². The van der Waals surface area contributed by atoms with E-state index in [1.807, 2.05) is 0 Å². The number of hydrogen-bond acceptors (Lipinski definition) is 6. The first-order chi connectivity index (χ1) is 15.0. The van der Waals surface area contributed by atoms with Gasteiger partial charge in [0.2, 0.25) is 17.6 Å². The SMILES string of the molecule is CCN(CC(=O)NCc1ccc(F)cc1)C(=O)c1ccccc1OCc1noc(C)n1.